The number of methoxy groups -OCH3 is 1. The van der Waals surface area contributed by atoms with E-state index >= 15 is 0 Å². The standard InChI is InChI=1S/C13H23N3O3/c1-9(2)14-13(18)16-7-10-6-15(4-5-19-3)12(17)11(10)8-16/h9-11H,4-8H2,1-3H3,(H,14,18)/t10-,11+/m0/s1. The molecule has 0 radical (unpaired) electrons. The molecule has 0 aromatic rings. The van der Waals surface area contributed by atoms with Gasteiger partial charge in [-0.1, -0.05) is 0 Å². The number of carbonyl (C=O) groups is 2. The quantitative estimate of drug-likeness (QED) is 0.790. The van der Waals surface area contributed by atoms with Crippen molar-refractivity contribution >= 4 is 11.9 Å². The average molecular weight is 269 g/mol. The van der Waals surface area contributed by atoms with Crippen LogP contribution in [0.3, 0.4) is 0 Å². The molecule has 2 fully saturated rings. The summed E-state index contributed by atoms with van der Waals surface area (Å²) in [5.41, 5.74) is 0. The van der Waals surface area contributed by atoms with Crippen molar-refractivity contribution in [3.05, 3.63) is 0 Å². The van der Waals surface area contributed by atoms with Crippen LogP contribution >= 0.6 is 0 Å². The monoisotopic (exact) mass is 269 g/mol. The lowest BCUT2D eigenvalue weighted by atomic mass is 10.0. The van der Waals surface area contributed by atoms with Crippen molar-refractivity contribution in [3.63, 3.8) is 0 Å². The summed E-state index contributed by atoms with van der Waals surface area (Å²) in [5, 5.41) is 2.88. The number of nitrogens with one attached hydrogen (secondary N) is 1. The Kier molecular flexibility index (Phi) is 4.29. The molecule has 2 heterocycles. The van der Waals surface area contributed by atoms with Gasteiger partial charge in [-0.2, -0.15) is 0 Å². The van der Waals surface area contributed by atoms with Crippen molar-refractivity contribution in [2.24, 2.45) is 11.8 Å². The molecule has 108 valence electrons. The maximum absolute atomic E-state index is 12.2. The lowest BCUT2D eigenvalue weighted by Gasteiger charge is -2.22. The first kappa shape index (κ1) is 14.1. The largest absolute Gasteiger partial charge is 0.383 e. The highest BCUT2D eigenvalue weighted by Crippen LogP contribution is 2.31. The second-order valence-corrected chi connectivity index (χ2v) is 5.65. The van der Waals surface area contributed by atoms with Gasteiger partial charge in [0.05, 0.1) is 12.5 Å². The van der Waals surface area contributed by atoms with Crippen molar-refractivity contribution in [1.82, 2.24) is 15.1 Å². The molecule has 2 rings (SSSR count). The zero-order valence-corrected chi connectivity index (χ0v) is 11.9. The molecule has 2 atom stereocenters. The second kappa shape index (κ2) is 5.77. The van der Waals surface area contributed by atoms with Crippen LogP contribution in [0.15, 0.2) is 0 Å². The maximum Gasteiger partial charge on any atom is 0.317 e. The minimum atomic E-state index is -0.0550. The Morgan fingerprint density at radius 2 is 2.16 bits per heavy atom. The number of nitrogens with zero attached hydrogens (tertiary/aromatic N) is 2. The van der Waals surface area contributed by atoms with Crippen LogP contribution in [0.2, 0.25) is 0 Å². The van der Waals surface area contributed by atoms with E-state index in [0.29, 0.717) is 26.2 Å². The van der Waals surface area contributed by atoms with E-state index in [9.17, 15) is 9.59 Å². The van der Waals surface area contributed by atoms with E-state index in [1.54, 1.807) is 12.0 Å². The maximum atomic E-state index is 12.2. The number of likely N-dealkylation sites (tertiary alicyclic amines) is 2. The molecule has 3 amide bonds. The van der Waals surface area contributed by atoms with Crippen molar-refractivity contribution in [1.29, 1.82) is 0 Å². The van der Waals surface area contributed by atoms with Gasteiger partial charge >= 0.3 is 6.03 Å². The summed E-state index contributed by atoms with van der Waals surface area (Å²) >= 11 is 0. The first-order valence-corrected chi connectivity index (χ1v) is 6.86. The molecule has 0 saturated carbocycles. The zero-order valence-electron chi connectivity index (χ0n) is 11.9. The molecule has 0 bridgehead atoms. The molecule has 1 N–H and O–H groups in total. The summed E-state index contributed by atoms with van der Waals surface area (Å²) in [7, 11) is 1.64. The number of urea groups is 1. The van der Waals surface area contributed by atoms with Gasteiger partial charge in [-0.3, -0.25) is 4.79 Å². The molecule has 0 aromatic carbocycles. The van der Waals surface area contributed by atoms with Crippen molar-refractivity contribution in [2.75, 3.05) is 39.9 Å². The Morgan fingerprint density at radius 3 is 2.74 bits per heavy atom. The molecule has 6 heteroatoms. The van der Waals surface area contributed by atoms with E-state index in [1.165, 1.54) is 0 Å². The van der Waals surface area contributed by atoms with Gasteiger partial charge in [-0.05, 0) is 13.8 Å². The fourth-order valence-electron chi connectivity index (χ4n) is 2.85. The fraction of sp³-hybridized carbons (Fsp3) is 0.846. The van der Waals surface area contributed by atoms with Crippen LogP contribution in [0.4, 0.5) is 4.79 Å². The number of hydrogen-bond acceptors (Lipinski definition) is 3. The summed E-state index contributed by atoms with van der Waals surface area (Å²) in [4.78, 5) is 27.7. The number of hydrogen-bond donors (Lipinski definition) is 1. The lowest BCUT2D eigenvalue weighted by Crippen LogP contribution is -2.43. The van der Waals surface area contributed by atoms with Crippen LogP contribution in [-0.2, 0) is 9.53 Å². The van der Waals surface area contributed by atoms with Crippen LogP contribution in [-0.4, -0.2) is 67.7 Å². The van der Waals surface area contributed by atoms with Crippen molar-refractivity contribution in [3.8, 4) is 0 Å². The molecule has 0 unspecified atom stereocenters. The van der Waals surface area contributed by atoms with Gasteiger partial charge in [0.25, 0.3) is 0 Å². The Bertz CT molecular complexity index is 359. The lowest BCUT2D eigenvalue weighted by molar-refractivity contribution is -0.131. The van der Waals surface area contributed by atoms with Gasteiger partial charge in [-0.15, -0.1) is 0 Å². The van der Waals surface area contributed by atoms with Crippen LogP contribution in [0.5, 0.6) is 0 Å². The summed E-state index contributed by atoms with van der Waals surface area (Å²) in [6.07, 6.45) is 0. The zero-order chi connectivity index (χ0) is 14.0. The predicted octanol–water partition coefficient (Wildman–Crippen LogP) is 0.141. The molecule has 2 aliphatic rings. The van der Waals surface area contributed by atoms with Crippen LogP contribution < -0.4 is 5.32 Å². The molecule has 6 nitrogen and oxygen atoms in total. The Morgan fingerprint density at radius 1 is 1.42 bits per heavy atom. The minimum absolute atomic E-state index is 0.0187. The molecule has 0 aromatic heterocycles. The average Bonchev–Trinajstić information content (AvgIpc) is 2.86. The van der Waals surface area contributed by atoms with Crippen LogP contribution in [0, 0.1) is 11.8 Å². The predicted molar refractivity (Wildman–Crippen MR) is 70.7 cm³/mol. The number of carbonyl (C=O) groups excluding carboxylic acids is 2. The summed E-state index contributed by atoms with van der Waals surface area (Å²) in [6.45, 7) is 7.07. The van der Waals surface area contributed by atoms with E-state index in [4.69, 9.17) is 4.74 Å². The first-order valence-electron chi connectivity index (χ1n) is 6.86. The summed E-state index contributed by atoms with van der Waals surface area (Å²) in [6, 6.07) is 0.0717. The second-order valence-electron chi connectivity index (χ2n) is 5.65. The van der Waals surface area contributed by atoms with E-state index in [0.717, 1.165) is 6.54 Å². The third-order valence-electron chi connectivity index (χ3n) is 3.79. The fourth-order valence-corrected chi connectivity index (χ4v) is 2.85. The Labute approximate surface area is 114 Å². The van der Waals surface area contributed by atoms with E-state index < -0.39 is 0 Å². The van der Waals surface area contributed by atoms with Gasteiger partial charge in [0.2, 0.25) is 5.91 Å². The highest BCUT2D eigenvalue weighted by atomic mass is 16.5. The van der Waals surface area contributed by atoms with E-state index in [-0.39, 0.29) is 29.8 Å². The highest BCUT2D eigenvalue weighted by molar-refractivity contribution is 5.84. The van der Waals surface area contributed by atoms with E-state index in [2.05, 4.69) is 5.32 Å². The Hall–Kier alpha value is -1.30. The smallest absolute Gasteiger partial charge is 0.317 e. The SMILES string of the molecule is COCCN1C[C@H]2CN(C(=O)NC(C)C)C[C@H]2C1=O. The van der Waals surface area contributed by atoms with Gasteiger partial charge < -0.3 is 19.9 Å². The molecular weight excluding hydrogens is 246 g/mol. The number of ether oxygens (including phenoxy) is 1. The summed E-state index contributed by atoms with van der Waals surface area (Å²) < 4.78 is 5.01. The third kappa shape index (κ3) is 3.00. The topological polar surface area (TPSA) is 61.9 Å². The Balaban J connectivity index is 1.88. The third-order valence-corrected chi connectivity index (χ3v) is 3.79. The molecule has 0 aliphatic carbocycles. The molecule has 2 aliphatic heterocycles. The molecular formula is C13H23N3O3. The van der Waals surface area contributed by atoms with Gasteiger partial charge in [0.15, 0.2) is 0 Å². The molecule has 0 spiro atoms. The number of rotatable bonds is 4. The molecule has 2 saturated heterocycles. The van der Waals surface area contributed by atoms with Crippen molar-refractivity contribution in [2.45, 2.75) is 19.9 Å². The normalized spacial score (nSPS) is 26.2. The minimum Gasteiger partial charge on any atom is -0.383 e. The molecule has 19 heavy (non-hydrogen) atoms. The highest BCUT2D eigenvalue weighted by Gasteiger charge is 2.47. The van der Waals surface area contributed by atoms with Gasteiger partial charge in [0, 0.05) is 45.2 Å². The van der Waals surface area contributed by atoms with Crippen LogP contribution in [0.1, 0.15) is 13.8 Å². The van der Waals surface area contributed by atoms with Crippen LogP contribution in [0.25, 0.3) is 0 Å². The number of fused-ring (bicyclic) bond motifs is 1. The number of amides is 3. The van der Waals surface area contributed by atoms with E-state index in [1.807, 2.05) is 18.7 Å². The van der Waals surface area contributed by atoms with Gasteiger partial charge in [0.1, 0.15) is 0 Å². The van der Waals surface area contributed by atoms with Crippen molar-refractivity contribution < 1.29 is 14.3 Å². The first-order chi connectivity index (χ1) is 9.02. The van der Waals surface area contributed by atoms with Gasteiger partial charge in [-0.25, -0.2) is 4.79 Å². The summed E-state index contributed by atoms with van der Waals surface area (Å²) in [5.74, 6) is 0.430.